The molecule has 0 spiro atoms. The van der Waals surface area contributed by atoms with Crippen LogP contribution in [0.4, 0.5) is 11.4 Å². The van der Waals surface area contributed by atoms with Gasteiger partial charge < -0.3 is 10.2 Å². The van der Waals surface area contributed by atoms with Crippen LogP contribution in [0.5, 0.6) is 0 Å². The molecule has 0 aliphatic heterocycles. The molecule has 0 fully saturated rings. The van der Waals surface area contributed by atoms with Crippen molar-refractivity contribution >= 4 is 39.1 Å². The van der Waals surface area contributed by atoms with Crippen LogP contribution in [0.15, 0.2) is 46.9 Å². The van der Waals surface area contributed by atoms with E-state index in [9.17, 15) is 9.59 Å². The Labute approximate surface area is 144 Å². The second kappa shape index (κ2) is 7.42. The smallest absolute Gasteiger partial charge is 0.316 e. The maximum Gasteiger partial charge on any atom is 0.316 e. The molecule has 0 aliphatic rings. The van der Waals surface area contributed by atoms with Crippen molar-refractivity contribution in [2.45, 2.75) is 20.8 Å². The molecule has 0 saturated heterocycles. The van der Waals surface area contributed by atoms with Gasteiger partial charge in [0.05, 0.1) is 0 Å². The van der Waals surface area contributed by atoms with Crippen molar-refractivity contribution in [2.75, 3.05) is 16.8 Å². The van der Waals surface area contributed by atoms with Gasteiger partial charge in [-0.2, -0.15) is 0 Å². The summed E-state index contributed by atoms with van der Waals surface area (Å²) in [5.74, 6) is -1.21. The summed E-state index contributed by atoms with van der Waals surface area (Å²) in [6.45, 7) is 6.10. The Hall–Kier alpha value is -2.14. The molecular formula is C18H19BrN2O2. The molecule has 1 N–H and O–H groups in total. The van der Waals surface area contributed by atoms with Crippen LogP contribution in [0.2, 0.25) is 0 Å². The zero-order valence-electron chi connectivity index (χ0n) is 13.4. The standard InChI is InChI=1S/C18H19BrN2O2/c1-4-21(15-7-5-6-12(2)10-15)18(23)17(22)20-16-9-8-14(19)11-13(16)3/h5-11H,4H2,1-3H3,(H,20,22). The van der Waals surface area contributed by atoms with E-state index in [4.69, 9.17) is 0 Å². The van der Waals surface area contributed by atoms with E-state index in [1.54, 1.807) is 6.07 Å². The van der Waals surface area contributed by atoms with Crippen LogP contribution in [-0.2, 0) is 9.59 Å². The molecular weight excluding hydrogens is 356 g/mol. The molecule has 0 heterocycles. The summed E-state index contributed by atoms with van der Waals surface area (Å²) in [6.07, 6.45) is 0. The minimum absolute atomic E-state index is 0.426. The first-order valence-electron chi connectivity index (χ1n) is 7.38. The van der Waals surface area contributed by atoms with Gasteiger partial charge in [-0.05, 0) is 62.2 Å². The summed E-state index contributed by atoms with van der Waals surface area (Å²) in [4.78, 5) is 26.2. The summed E-state index contributed by atoms with van der Waals surface area (Å²) in [5, 5.41) is 2.69. The Morgan fingerprint density at radius 1 is 1.13 bits per heavy atom. The number of hydrogen-bond acceptors (Lipinski definition) is 2. The maximum absolute atomic E-state index is 12.5. The average Bonchev–Trinajstić information content (AvgIpc) is 2.50. The van der Waals surface area contributed by atoms with Gasteiger partial charge in [-0.25, -0.2) is 0 Å². The molecule has 0 aliphatic carbocycles. The normalized spacial score (nSPS) is 10.3. The maximum atomic E-state index is 12.5. The van der Waals surface area contributed by atoms with E-state index < -0.39 is 11.8 Å². The highest BCUT2D eigenvalue weighted by atomic mass is 79.9. The molecule has 0 radical (unpaired) electrons. The third-order valence-electron chi connectivity index (χ3n) is 3.51. The lowest BCUT2D eigenvalue weighted by molar-refractivity contribution is -0.134. The van der Waals surface area contributed by atoms with Crippen LogP contribution >= 0.6 is 15.9 Å². The second-order valence-electron chi connectivity index (χ2n) is 5.30. The van der Waals surface area contributed by atoms with Crippen LogP contribution in [0.25, 0.3) is 0 Å². The van der Waals surface area contributed by atoms with E-state index in [1.165, 1.54) is 4.90 Å². The molecule has 0 unspecified atom stereocenters. The number of halogens is 1. The summed E-state index contributed by atoms with van der Waals surface area (Å²) in [6, 6.07) is 13.0. The highest BCUT2D eigenvalue weighted by Crippen LogP contribution is 2.21. The molecule has 5 heteroatoms. The third kappa shape index (κ3) is 4.20. The van der Waals surface area contributed by atoms with Gasteiger partial charge in [-0.3, -0.25) is 9.59 Å². The molecule has 4 nitrogen and oxygen atoms in total. The summed E-state index contributed by atoms with van der Waals surface area (Å²) in [5.41, 5.74) is 3.28. The number of carbonyl (C=O) groups is 2. The molecule has 0 saturated carbocycles. The molecule has 2 aromatic rings. The fourth-order valence-electron chi connectivity index (χ4n) is 2.30. The second-order valence-corrected chi connectivity index (χ2v) is 6.22. The van der Waals surface area contributed by atoms with Crippen LogP contribution < -0.4 is 10.2 Å². The molecule has 120 valence electrons. The van der Waals surface area contributed by atoms with Crippen molar-refractivity contribution in [1.29, 1.82) is 0 Å². The Morgan fingerprint density at radius 2 is 1.87 bits per heavy atom. The highest BCUT2D eigenvalue weighted by Gasteiger charge is 2.22. The Balaban J connectivity index is 2.19. The van der Waals surface area contributed by atoms with Crippen LogP contribution in [0.1, 0.15) is 18.1 Å². The van der Waals surface area contributed by atoms with Crippen molar-refractivity contribution in [2.24, 2.45) is 0 Å². The predicted molar refractivity (Wildman–Crippen MR) is 96.7 cm³/mol. The van der Waals surface area contributed by atoms with Gasteiger partial charge in [-0.1, -0.05) is 28.1 Å². The van der Waals surface area contributed by atoms with E-state index in [0.29, 0.717) is 12.2 Å². The van der Waals surface area contributed by atoms with E-state index in [2.05, 4.69) is 21.2 Å². The van der Waals surface area contributed by atoms with Gasteiger partial charge in [0, 0.05) is 22.4 Å². The largest absolute Gasteiger partial charge is 0.318 e. The SMILES string of the molecule is CCN(C(=O)C(=O)Nc1ccc(Br)cc1C)c1cccc(C)c1. The molecule has 2 aromatic carbocycles. The minimum atomic E-state index is -0.640. The number of aryl methyl sites for hydroxylation is 2. The molecule has 0 bridgehead atoms. The average molecular weight is 375 g/mol. The first-order valence-corrected chi connectivity index (χ1v) is 8.17. The molecule has 0 aromatic heterocycles. The van der Waals surface area contributed by atoms with Crippen LogP contribution in [0, 0.1) is 13.8 Å². The summed E-state index contributed by atoms with van der Waals surface area (Å²) >= 11 is 3.38. The Morgan fingerprint density at radius 3 is 2.48 bits per heavy atom. The fourth-order valence-corrected chi connectivity index (χ4v) is 2.78. The van der Waals surface area contributed by atoms with E-state index >= 15 is 0 Å². The highest BCUT2D eigenvalue weighted by molar-refractivity contribution is 9.10. The zero-order valence-corrected chi connectivity index (χ0v) is 15.0. The number of likely N-dealkylation sites (N-methyl/N-ethyl adjacent to an activating group) is 1. The lowest BCUT2D eigenvalue weighted by Gasteiger charge is -2.21. The minimum Gasteiger partial charge on any atom is -0.318 e. The lowest BCUT2D eigenvalue weighted by Crippen LogP contribution is -2.39. The third-order valence-corrected chi connectivity index (χ3v) is 4.00. The number of hydrogen-bond donors (Lipinski definition) is 1. The van der Waals surface area contributed by atoms with Crippen LogP contribution in [0.3, 0.4) is 0 Å². The van der Waals surface area contributed by atoms with Gasteiger partial charge >= 0.3 is 11.8 Å². The van der Waals surface area contributed by atoms with Gasteiger partial charge in [0.15, 0.2) is 0 Å². The number of carbonyl (C=O) groups excluding carboxylic acids is 2. The van der Waals surface area contributed by atoms with Gasteiger partial charge in [0.1, 0.15) is 0 Å². The molecule has 2 rings (SSSR count). The number of rotatable bonds is 3. The Bertz CT molecular complexity index is 744. The quantitative estimate of drug-likeness (QED) is 0.823. The first-order chi connectivity index (χ1) is 10.9. The van der Waals surface area contributed by atoms with Gasteiger partial charge in [0.25, 0.3) is 0 Å². The molecule has 23 heavy (non-hydrogen) atoms. The van der Waals surface area contributed by atoms with Crippen LogP contribution in [-0.4, -0.2) is 18.4 Å². The number of amides is 2. The Kier molecular flexibility index (Phi) is 5.55. The number of nitrogens with zero attached hydrogens (tertiary/aromatic N) is 1. The fraction of sp³-hybridized carbons (Fsp3) is 0.222. The molecule has 2 amide bonds. The van der Waals surface area contributed by atoms with E-state index in [-0.39, 0.29) is 0 Å². The monoisotopic (exact) mass is 374 g/mol. The number of benzene rings is 2. The lowest BCUT2D eigenvalue weighted by atomic mass is 10.2. The van der Waals surface area contributed by atoms with Crippen molar-refractivity contribution < 1.29 is 9.59 Å². The first kappa shape index (κ1) is 17.2. The summed E-state index contributed by atoms with van der Waals surface area (Å²) in [7, 11) is 0. The molecule has 0 atom stereocenters. The zero-order chi connectivity index (χ0) is 17.0. The summed E-state index contributed by atoms with van der Waals surface area (Å²) < 4.78 is 0.925. The van der Waals surface area contributed by atoms with Crippen molar-refractivity contribution in [1.82, 2.24) is 0 Å². The van der Waals surface area contributed by atoms with Gasteiger partial charge in [-0.15, -0.1) is 0 Å². The topological polar surface area (TPSA) is 49.4 Å². The number of nitrogens with one attached hydrogen (secondary N) is 1. The number of anilines is 2. The van der Waals surface area contributed by atoms with E-state index in [0.717, 1.165) is 21.3 Å². The van der Waals surface area contributed by atoms with E-state index in [1.807, 2.05) is 57.2 Å². The van der Waals surface area contributed by atoms with Crippen molar-refractivity contribution in [3.63, 3.8) is 0 Å². The van der Waals surface area contributed by atoms with Crippen molar-refractivity contribution in [3.05, 3.63) is 58.1 Å². The van der Waals surface area contributed by atoms with Gasteiger partial charge in [0.2, 0.25) is 0 Å². The van der Waals surface area contributed by atoms with Crippen molar-refractivity contribution in [3.8, 4) is 0 Å². The predicted octanol–water partition coefficient (Wildman–Crippen LogP) is 4.06.